The average Bonchev–Trinajstić information content (AvgIpc) is 3.50. The number of hydrogen-bond acceptors (Lipinski definition) is 5. The first-order valence-electron chi connectivity index (χ1n) is 15.5. The monoisotopic (exact) mass is 616 g/mol. The zero-order valence-electron chi connectivity index (χ0n) is 26.1. The molecule has 8 heteroatoms. The maximum atomic E-state index is 12.5. The Hall–Kier alpha value is -1.20. The zero-order valence-corrected chi connectivity index (χ0v) is 28.8. The summed E-state index contributed by atoms with van der Waals surface area (Å²) in [6.07, 6.45) is 4.47. The van der Waals surface area contributed by atoms with Crippen molar-refractivity contribution in [1.82, 2.24) is 0 Å². The number of halogens is 1. The van der Waals surface area contributed by atoms with Gasteiger partial charge in [-0.05, 0) is 119 Å². The number of fused-ring (bicyclic) bond motifs is 1. The van der Waals surface area contributed by atoms with Crippen LogP contribution in [-0.4, -0.2) is 46.2 Å². The lowest BCUT2D eigenvalue weighted by molar-refractivity contribution is -0.339. The number of ether oxygens (including phenoxy) is 2. The Labute approximate surface area is 254 Å². The van der Waals surface area contributed by atoms with Crippen molar-refractivity contribution in [3.8, 4) is 5.75 Å². The van der Waals surface area contributed by atoms with Crippen LogP contribution < -0.4 is 4.74 Å². The molecule has 2 aromatic rings. The maximum absolute atomic E-state index is 12.5. The summed E-state index contributed by atoms with van der Waals surface area (Å²) in [4.78, 5) is 0. The van der Waals surface area contributed by atoms with Gasteiger partial charge in [-0.1, -0.05) is 43.6 Å². The first-order chi connectivity index (χ1) is 19.1. The molecule has 0 radical (unpaired) electrons. The molecular weight excluding hydrogens is 568 g/mol. The fraction of sp³-hybridized carbons (Fsp3) is 0.636. The van der Waals surface area contributed by atoms with Gasteiger partial charge >= 0.3 is 0 Å². The van der Waals surface area contributed by atoms with Gasteiger partial charge in [0.2, 0.25) is 5.79 Å². The lowest BCUT2D eigenvalue weighted by Gasteiger charge is -2.53. The van der Waals surface area contributed by atoms with E-state index >= 15 is 0 Å². The highest BCUT2D eigenvalue weighted by Crippen LogP contribution is 2.52. The standard InChI is InChI=1S/C33H49ClO5Si2/c1-9-30-21(2)31(38-40(3,4)5)32(39-41(6,7)8)33(35,37-30)26-12-15-29(34)25(18-26)16-22-10-13-27(14-11-22)36-28-19-23-17-24(23)20-28/h10-15,18,21,23-24,28,30-32,35H,9,16-17,19-20H2,1-8H3/t21-,23-,24+,28+,30-,31+,32-,33?/m1/s1. The van der Waals surface area contributed by atoms with Gasteiger partial charge in [-0.3, -0.25) is 0 Å². The van der Waals surface area contributed by atoms with E-state index in [9.17, 15) is 5.11 Å². The Balaban J connectivity index is 1.41. The first kappa shape index (κ1) is 31.2. The Morgan fingerprint density at radius 2 is 1.56 bits per heavy atom. The molecule has 8 atom stereocenters. The average molecular weight is 617 g/mol. The van der Waals surface area contributed by atoms with Gasteiger partial charge in [0.1, 0.15) is 11.9 Å². The van der Waals surface area contributed by atoms with Crippen LogP contribution in [0.3, 0.4) is 0 Å². The Kier molecular flexibility index (Phi) is 8.92. The minimum Gasteiger partial charge on any atom is -0.490 e. The summed E-state index contributed by atoms with van der Waals surface area (Å²) < 4.78 is 26.4. The molecule has 1 N–H and O–H groups in total. The summed E-state index contributed by atoms with van der Waals surface area (Å²) in [5.74, 6) is 1.16. The predicted molar refractivity (Wildman–Crippen MR) is 171 cm³/mol. The van der Waals surface area contributed by atoms with E-state index in [0.717, 1.165) is 35.1 Å². The highest BCUT2D eigenvalue weighted by atomic mass is 35.5. The van der Waals surface area contributed by atoms with Gasteiger partial charge in [-0.15, -0.1) is 0 Å². The van der Waals surface area contributed by atoms with Crippen LogP contribution in [0.15, 0.2) is 42.5 Å². The van der Waals surface area contributed by atoms with E-state index in [0.29, 0.717) is 23.1 Å². The predicted octanol–water partition coefficient (Wildman–Crippen LogP) is 8.14. The van der Waals surface area contributed by atoms with Crippen molar-refractivity contribution in [2.24, 2.45) is 17.8 Å². The molecule has 0 bridgehead atoms. The molecule has 41 heavy (non-hydrogen) atoms. The van der Waals surface area contributed by atoms with Gasteiger partial charge in [-0.25, -0.2) is 0 Å². The van der Waals surface area contributed by atoms with Crippen LogP contribution in [0.1, 0.15) is 56.2 Å². The van der Waals surface area contributed by atoms with Crippen LogP contribution in [0.4, 0.5) is 0 Å². The van der Waals surface area contributed by atoms with E-state index in [1.54, 1.807) is 0 Å². The lowest BCUT2D eigenvalue weighted by atomic mass is 9.82. The molecule has 5 nitrogen and oxygen atoms in total. The Morgan fingerprint density at radius 1 is 0.927 bits per heavy atom. The molecule has 0 spiro atoms. The van der Waals surface area contributed by atoms with E-state index in [1.807, 2.05) is 18.2 Å². The van der Waals surface area contributed by atoms with E-state index in [1.165, 1.54) is 19.3 Å². The van der Waals surface area contributed by atoms with Gasteiger partial charge in [-0.2, -0.15) is 0 Å². The smallest absolute Gasteiger partial charge is 0.221 e. The van der Waals surface area contributed by atoms with Gasteiger partial charge in [0.05, 0.1) is 18.3 Å². The molecule has 3 fully saturated rings. The molecule has 1 heterocycles. The SMILES string of the molecule is CC[C@H]1OC(O)(c2ccc(Cl)c(Cc3ccc(O[C@@H]4C[C@@H]5C[C@@H]5C4)cc3)c2)[C@H](O[Si](C)(C)C)[C@@H](O[Si](C)(C)C)[C@@H]1C. The molecule has 2 aliphatic carbocycles. The third-order valence-corrected chi connectivity index (χ3v) is 11.1. The summed E-state index contributed by atoms with van der Waals surface area (Å²) in [5.41, 5.74) is 2.73. The fourth-order valence-corrected chi connectivity index (χ4v) is 9.09. The summed E-state index contributed by atoms with van der Waals surface area (Å²) in [6, 6.07) is 14.1. The van der Waals surface area contributed by atoms with Crippen LogP contribution in [0.25, 0.3) is 0 Å². The second-order valence-electron chi connectivity index (χ2n) is 14.6. The number of rotatable bonds is 10. The van der Waals surface area contributed by atoms with Crippen LogP contribution >= 0.6 is 11.6 Å². The van der Waals surface area contributed by atoms with E-state index in [2.05, 4.69) is 77.4 Å². The van der Waals surface area contributed by atoms with Gasteiger partial charge in [0.25, 0.3) is 0 Å². The molecule has 0 aromatic heterocycles. The Morgan fingerprint density at radius 3 is 2.15 bits per heavy atom. The van der Waals surface area contributed by atoms with Crippen molar-refractivity contribution in [1.29, 1.82) is 0 Å². The molecule has 2 aromatic carbocycles. The van der Waals surface area contributed by atoms with Crippen molar-refractivity contribution in [3.05, 3.63) is 64.2 Å². The molecule has 5 rings (SSSR count). The van der Waals surface area contributed by atoms with Crippen molar-refractivity contribution in [2.45, 2.75) is 115 Å². The second kappa shape index (κ2) is 11.7. The van der Waals surface area contributed by atoms with Crippen molar-refractivity contribution < 1.29 is 23.4 Å². The topological polar surface area (TPSA) is 57.2 Å². The van der Waals surface area contributed by atoms with Crippen LogP contribution in [0.2, 0.25) is 44.3 Å². The van der Waals surface area contributed by atoms with Crippen molar-refractivity contribution in [3.63, 3.8) is 0 Å². The van der Waals surface area contributed by atoms with E-state index < -0.39 is 28.5 Å². The zero-order chi connectivity index (χ0) is 29.7. The van der Waals surface area contributed by atoms with Crippen LogP contribution in [0, 0.1) is 17.8 Å². The quantitative estimate of drug-likeness (QED) is 0.273. The summed E-state index contributed by atoms with van der Waals surface area (Å²) >= 11 is 6.74. The lowest BCUT2D eigenvalue weighted by Crippen LogP contribution is -2.64. The molecule has 226 valence electrons. The third kappa shape index (κ3) is 7.31. The van der Waals surface area contributed by atoms with Crippen molar-refractivity contribution in [2.75, 3.05) is 0 Å². The number of benzene rings is 2. The van der Waals surface area contributed by atoms with Crippen molar-refractivity contribution >= 4 is 28.2 Å². The van der Waals surface area contributed by atoms with Gasteiger partial charge in [0.15, 0.2) is 16.6 Å². The van der Waals surface area contributed by atoms with Gasteiger partial charge in [0, 0.05) is 16.5 Å². The summed E-state index contributed by atoms with van der Waals surface area (Å²) in [5, 5.41) is 13.1. The normalized spacial score (nSPS) is 33.5. The fourth-order valence-electron chi connectivity index (χ4n) is 6.69. The molecular formula is C33H49ClO5Si2. The highest BCUT2D eigenvalue weighted by molar-refractivity contribution is 6.70. The highest BCUT2D eigenvalue weighted by Gasteiger charge is 2.56. The molecule has 1 aliphatic heterocycles. The molecule has 3 aliphatic rings. The van der Waals surface area contributed by atoms with E-state index in [4.69, 9.17) is 29.9 Å². The first-order valence-corrected chi connectivity index (χ1v) is 22.6. The minimum absolute atomic E-state index is 0.0795. The number of aliphatic hydroxyl groups is 1. The Bertz CT molecular complexity index is 1200. The third-order valence-electron chi connectivity index (χ3n) is 8.77. The second-order valence-corrected chi connectivity index (χ2v) is 23.9. The summed E-state index contributed by atoms with van der Waals surface area (Å²) in [7, 11) is -4.05. The minimum atomic E-state index is -2.09. The summed E-state index contributed by atoms with van der Waals surface area (Å²) in [6.45, 7) is 17.3. The molecule has 1 saturated heterocycles. The van der Waals surface area contributed by atoms with Crippen LogP contribution in [0.5, 0.6) is 5.75 Å². The van der Waals surface area contributed by atoms with E-state index in [-0.39, 0.29) is 18.1 Å². The molecule has 0 amide bonds. The molecule has 1 unspecified atom stereocenters. The van der Waals surface area contributed by atoms with Gasteiger partial charge < -0.3 is 23.4 Å². The van der Waals surface area contributed by atoms with Crippen LogP contribution in [-0.2, 0) is 25.8 Å². The number of hydrogen-bond donors (Lipinski definition) is 1. The maximum Gasteiger partial charge on any atom is 0.221 e. The molecule has 2 saturated carbocycles. The largest absolute Gasteiger partial charge is 0.490 e.